The first kappa shape index (κ1) is 34.2. The van der Waals surface area contributed by atoms with Gasteiger partial charge in [0.1, 0.15) is 17.1 Å². The lowest BCUT2D eigenvalue weighted by Gasteiger charge is -2.39. The lowest BCUT2D eigenvalue weighted by molar-refractivity contribution is -0.130. The van der Waals surface area contributed by atoms with Gasteiger partial charge in [-0.15, -0.1) is 0 Å². The zero-order chi connectivity index (χ0) is 33.8. The van der Waals surface area contributed by atoms with Gasteiger partial charge in [-0.2, -0.15) is 4.98 Å². The highest BCUT2D eigenvalue weighted by Crippen LogP contribution is 2.45. The minimum absolute atomic E-state index is 0.144. The van der Waals surface area contributed by atoms with Gasteiger partial charge in [-0.3, -0.25) is 19.0 Å². The number of aromatic nitrogens is 3. The van der Waals surface area contributed by atoms with E-state index in [1.807, 2.05) is 7.05 Å². The maximum absolute atomic E-state index is 14.5. The summed E-state index contributed by atoms with van der Waals surface area (Å²) in [5.74, 6) is 0.321. The Balaban J connectivity index is 1.61. The number of amides is 2. The summed E-state index contributed by atoms with van der Waals surface area (Å²) in [5, 5.41) is 6.91. The fourth-order valence-corrected chi connectivity index (χ4v) is 6.63. The fourth-order valence-electron chi connectivity index (χ4n) is 5.93. The van der Waals surface area contributed by atoms with Gasteiger partial charge >= 0.3 is 0 Å². The molecule has 4 heterocycles. The first-order valence-electron chi connectivity index (χ1n) is 15.0. The van der Waals surface area contributed by atoms with Gasteiger partial charge in [0.25, 0.3) is 5.56 Å². The largest absolute Gasteiger partial charge is 0.495 e. The number of fused-ring (bicyclic) bond motifs is 1. The van der Waals surface area contributed by atoms with Gasteiger partial charge in [0.2, 0.25) is 17.8 Å². The molecule has 13 nitrogen and oxygen atoms in total. The number of nitrogens with one attached hydrogen (secondary N) is 2. The van der Waals surface area contributed by atoms with E-state index in [2.05, 4.69) is 33.7 Å². The number of halogens is 2. The van der Waals surface area contributed by atoms with Crippen molar-refractivity contribution in [1.82, 2.24) is 29.7 Å². The molecule has 2 aromatic heterocycles. The number of hydrogen-bond acceptors (Lipinski definition) is 10. The van der Waals surface area contributed by atoms with Crippen molar-refractivity contribution in [2.45, 2.75) is 31.1 Å². The second-order valence-corrected chi connectivity index (χ2v) is 12.1. The summed E-state index contributed by atoms with van der Waals surface area (Å²) in [6.07, 6.45) is 4.55. The molecule has 0 saturated carbocycles. The number of benzene rings is 1. The van der Waals surface area contributed by atoms with Crippen LogP contribution in [0, 0.1) is 0 Å². The number of aryl methyl sites for hydroxylation is 1. The Morgan fingerprint density at radius 2 is 1.79 bits per heavy atom. The zero-order valence-electron chi connectivity index (χ0n) is 26.4. The number of carbonyl (C=O) groups excluding carboxylic acids is 2. The Morgan fingerprint density at radius 1 is 1.09 bits per heavy atom. The van der Waals surface area contributed by atoms with Crippen LogP contribution in [0.15, 0.2) is 48.4 Å². The molecule has 2 fully saturated rings. The van der Waals surface area contributed by atoms with Crippen LogP contribution < -0.4 is 25.7 Å². The van der Waals surface area contributed by atoms with Crippen LogP contribution in [-0.2, 0) is 20.9 Å². The van der Waals surface area contributed by atoms with E-state index >= 15 is 0 Å². The minimum Gasteiger partial charge on any atom is -0.495 e. The molecule has 3 aromatic rings. The molecule has 2 saturated heterocycles. The summed E-state index contributed by atoms with van der Waals surface area (Å²) in [6.45, 7) is 9.89. The number of rotatable bonds is 11. The van der Waals surface area contributed by atoms with E-state index in [9.17, 15) is 14.4 Å². The van der Waals surface area contributed by atoms with Gasteiger partial charge in [0.15, 0.2) is 0 Å². The second kappa shape index (κ2) is 14.7. The second-order valence-electron chi connectivity index (χ2n) is 11.3. The lowest BCUT2D eigenvalue weighted by Crippen LogP contribution is -2.54. The Bertz CT molecular complexity index is 1740. The van der Waals surface area contributed by atoms with E-state index in [1.165, 1.54) is 26.4 Å². The highest BCUT2D eigenvalue weighted by Gasteiger charge is 2.31. The Morgan fingerprint density at radius 3 is 2.45 bits per heavy atom. The van der Waals surface area contributed by atoms with Gasteiger partial charge in [-0.25, -0.2) is 4.98 Å². The fraction of sp³-hybridized carbons (Fsp3) is 0.406. The van der Waals surface area contributed by atoms with Gasteiger partial charge in [-0.05, 0) is 31.7 Å². The number of likely N-dealkylation sites (N-methyl/N-ethyl adjacent to an activating group) is 1. The van der Waals surface area contributed by atoms with Crippen molar-refractivity contribution in [2.75, 3.05) is 59.4 Å². The normalized spacial score (nSPS) is 19.8. The summed E-state index contributed by atoms with van der Waals surface area (Å²) in [7, 11) is 4.91. The van der Waals surface area contributed by atoms with E-state index in [-0.39, 0.29) is 75.1 Å². The van der Waals surface area contributed by atoms with Crippen LogP contribution >= 0.6 is 23.2 Å². The van der Waals surface area contributed by atoms with Crippen LogP contribution in [0.1, 0.15) is 6.42 Å². The van der Waals surface area contributed by atoms with Crippen LogP contribution in [0.25, 0.3) is 22.2 Å². The monoisotopic (exact) mass is 685 g/mol. The zero-order valence-corrected chi connectivity index (χ0v) is 27.9. The van der Waals surface area contributed by atoms with Gasteiger partial charge < -0.3 is 34.6 Å². The molecule has 47 heavy (non-hydrogen) atoms. The Hall–Kier alpha value is -4.17. The van der Waals surface area contributed by atoms with E-state index in [0.717, 1.165) is 6.54 Å². The number of anilines is 1. The Labute approximate surface area is 282 Å². The number of nitrogens with zero attached hydrogens (tertiary/aromatic N) is 5. The Kier molecular flexibility index (Phi) is 10.7. The molecule has 2 aliphatic heterocycles. The molecule has 1 aromatic carbocycles. The number of hydrogen-bond donors (Lipinski definition) is 2. The summed E-state index contributed by atoms with van der Waals surface area (Å²) >= 11 is 13.5. The molecule has 250 valence electrons. The van der Waals surface area contributed by atoms with Crippen LogP contribution in [0.4, 0.5) is 5.95 Å². The highest BCUT2D eigenvalue weighted by atomic mass is 35.5. The molecule has 3 unspecified atom stereocenters. The molecule has 0 aliphatic carbocycles. The standard InChI is InChI=1S/C32H37Cl2N7O6/c1-6-25(42)36-21-16-47-17-22(21)37-32-35-14-18-12-20(27-28(33)23(45-4)13-24(46-5)29(27)34)31(44)41(30(18)38-32)9-8-19-15-39(3)10-11-40(19)26(43)7-2/h6-7,12-14,19,21-22H,1-2,8-11,15-17H2,3-5H3,(H,36,42)(H,35,37,38). The minimum atomic E-state index is -0.410. The molecular weight excluding hydrogens is 649 g/mol. The molecular formula is C32H37Cl2N7O6. The average Bonchev–Trinajstić information content (AvgIpc) is 3.50. The van der Waals surface area contributed by atoms with Gasteiger partial charge in [0, 0.05) is 55.4 Å². The van der Waals surface area contributed by atoms with Crippen molar-refractivity contribution >= 4 is 52.0 Å². The highest BCUT2D eigenvalue weighted by molar-refractivity contribution is 6.41. The number of piperazine rings is 1. The molecule has 2 N–H and O–H groups in total. The SMILES string of the molecule is C=CC(=O)NC1COCC1Nc1ncc2cc(-c3c(Cl)c(OC)cc(OC)c3Cl)c(=O)n(CCC3CN(C)CCN3C(=O)C=C)c2n1. The van der Waals surface area contributed by atoms with Crippen molar-refractivity contribution in [2.24, 2.45) is 0 Å². The van der Waals surface area contributed by atoms with Crippen LogP contribution in [0.3, 0.4) is 0 Å². The predicted molar refractivity (Wildman–Crippen MR) is 181 cm³/mol. The first-order chi connectivity index (χ1) is 22.6. The molecule has 15 heteroatoms. The smallest absolute Gasteiger partial charge is 0.260 e. The van der Waals surface area contributed by atoms with E-state index in [4.69, 9.17) is 42.4 Å². The van der Waals surface area contributed by atoms with Gasteiger partial charge in [0.05, 0.1) is 55.1 Å². The third-order valence-electron chi connectivity index (χ3n) is 8.41. The van der Waals surface area contributed by atoms with Crippen molar-refractivity contribution in [1.29, 1.82) is 0 Å². The quantitative estimate of drug-likeness (QED) is 0.290. The first-order valence-corrected chi connectivity index (χ1v) is 15.7. The maximum Gasteiger partial charge on any atom is 0.260 e. The maximum atomic E-state index is 14.5. The van der Waals surface area contributed by atoms with Crippen molar-refractivity contribution in [3.05, 3.63) is 64.0 Å². The van der Waals surface area contributed by atoms with E-state index in [1.54, 1.807) is 27.8 Å². The summed E-state index contributed by atoms with van der Waals surface area (Å²) in [5.41, 5.74) is 0.393. The summed E-state index contributed by atoms with van der Waals surface area (Å²) < 4.78 is 18.0. The number of ether oxygens (including phenoxy) is 3. The lowest BCUT2D eigenvalue weighted by atomic mass is 10.0. The molecule has 2 aliphatic rings. The summed E-state index contributed by atoms with van der Waals surface area (Å²) in [4.78, 5) is 52.3. The van der Waals surface area contributed by atoms with Crippen molar-refractivity contribution in [3.8, 4) is 22.6 Å². The molecule has 0 bridgehead atoms. The molecule has 0 spiro atoms. The third-order valence-corrected chi connectivity index (χ3v) is 9.16. The third kappa shape index (κ3) is 7.08. The van der Waals surface area contributed by atoms with Crippen LogP contribution in [0.5, 0.6) is 11.5 Å². The topological polar surface area (TPSA) is 140 Å². The molecule has 0 radical (unpaired) electrons. The predicted octanol–water partition coefficient (Wildman–Crippen LogP) is 2.98. The number of methoxy groups -OCH3 is 2. The average molecular weight is 687 g/mol. The molecule has 3 atom stereocenters. The molecule has 5 rings (SSSR count). The number of pyridine rings is 1. The van der Waals surface area contributed by atoms with Gasteiger partial charge in [-0.1, -0.05) is 36.4 Å². The van der Waals surface area contributed by atoms with Crippen LogP contribution in [-0.4, -0.2) is 108 Å². The van der Waals surface area contributed by atoms with E-state index in [0.29, 0.717) is 43.8 Å². The van der Waals surface area contributed by atoms with Crippen molar-refractivity contribution in [3.63, 3.8) is 0 Å². The number of carbonyl (C=O) groups is 2. The summed E-state index contributed by atoms with van der Waals surface area (Å²) in [6, 6.07) is 2.34. The van der Waals surface area contributed by atoms with E-state index < -0.39 is 5.56 Å². The van der Waals surface area contributed by atoms with Crippen molar-refractivity contribution < 1.29 is 23.8 Å². The molecule has 2 amide bonds. The van der Waals surface area contributed by atoms with Crippen LogP contribution in [0.2, 0.25) is 10.0 Å².